The highest BCUT2D eigenvalue weighted by atomic mass is 79.9. The topological polar surface area (TPSA) is 54.5 Å². The fraction of sp³-hybridized carbons (Fsp3) is 0.300. The second-order valence-corrected chi connectivity index (χ2v) is 6.66. The van der Waals surface area contributed by atoms with E-state index < -0.39 is 21.3 Å². The highest BCUT2D eigenvalue weighted by molar-refractivity contribution is 9.10. The Hall–Kier alpha value is -0.590. The number of carbonyl (C=O) groups excluding carboxylic acids is 1. The number of hydrogen-bond acceptors (Lipinski definition) is 3. The Labute approximate surface area is 114 Å². The van der Waals surface area contributed by atoms with Crippen molar-refractivity contribution in [2.45, 2.75) is 13.0 Å². The zero-order valence-electron chi connectivity index (χ0n) is 9.22. The third-order valence-corrected chi connectivity index (χ3v) is 4.20. The summed E-state index contributed by atoms with van der Waals surface area (Å²) in [7, 11) is -3.56. The van der Waals surface area contributed by atoms with Crippen molar-refractivity contribution >= 4 is 48.5 Å². The van der Waals surface area contributed by atoms with Crippen molar-refractivity contribution in [2.24, 2.45) is 0 Å². The summed E-state index contributed by atoms with van der Waals surface area (Å²) in [5, 5.41) is -0.724. The second kappa shape index (κ2) is 5.37. The van der Waals surface area contributed by atoms with Crippen LogP contribution in [0.4, 0.5) is 5.69 Å². The van der Waals surface area contributed by atoms with Crippen molar-refractivity contribution in [3.63, 3.8) is 0 Å². The number of benzene rings is 1. The lowest BCUT2D eigenvalue weighted by molar-refractivity contribution is -0.112. The van der Waals surface area contributed by atoms with Gasteiger partial charge in [-0.15, -0.1) is 0 Å². The average molecular weight is 341 g/mol. The Morgan fingerprint density at radius 3 is 2.18 bits per heavy atom. The van der Waals surface area contributed by atoms with Gasteiger partial charge in [0.1, 0.15) is 6.04 Å². The van der Waals surface area contributed by atoms with Gasteiger partial charge in [-0.2, -0.15) is 0 Å². The lowest BCUT2D eigenvalue weighted by atomic mass is 10.3. The van der Waals surface area contributed by atoms with Crippen molar-refractivity contribution in [3.05, 3.63) is 28.7 Å². The molecule has 4 nitrogen and oxygen atoms in total. The normalized spacial score (nSPS) is 13.2. The summed E-state index contributed by atoms with van der Waals surface area (Å²) in [6.07, 6.45) is 1.03. The van der Waals surface area contributed by atoms with E-state index in [0.717, 1.165) is 15.0 Å². The summed E-state index contributed by atoms with van der Waals surface area (Å²) in [5.41, 5.74) is 0.400. The molecule has 0 saturated heterocycles. The maximum absolute atomic E-state index is 11.7. The van der Waals surface area contributed by atoms with Gasteiger partial charge >= 0.3 is 0 Å². The van der Waals surface area contributed by atoms with E-state index in [1.54, 1.807) is 24.3 Å². The summed E-state index contributed by atoms with van der Waals surface area (Å²) in [5.74, 6) is 0. The van der Waals surface area contributed by atoms with Crippen LogP contribution in [0, 0.1) is 0 Å². The molecule has 0 aliphatic heterocycles. The number of carbonyl (C=O) groups is 1. The Balaban J connectivity index is 3.25. The number of nitrogens with zero attached hydrogens (tertiary/aromatic N) is 1. The molecule has 1 unspecified atom stereocenters. The van der Waals surface area contributed by atoms with Gasteiger partial charge in [-0.25, -0.2) is 8.42 Å². The molecule has 1 aromatic rings. The van der Waals surface area contributed by atoms with Crippen LogP contribution in [0.3, 0.4) is 0 Å². The van der Waals surface area contributed by atoms with E-state index in [9.17, 15) is 13.2 Å². The third-order valence-electron chi connectivity index (χ3n) is 2.12. The smallest absolute Gasteiger partial charge is 0.245 e. The van der Waals surface area contributed by atoms with Gasteiger partial charge in [-0.05, 0) is 42.8 Å². The molecule has 0 aromatic heterocycles. The van der Waals surface area contributed by atoms with E-state index in [1.807, 2.05) is 0 Å². The van der Waals surface area contributed by atoms with Crippen LogP contribution in [0.5, 0.6) is 0 Å². The third kappa shape index (κ3) is 3.69. The van der Waals surface area contributed by atoms with E-state index in [-0.39, 0.29) is 0 Å². The minimum absolute atomic E-state index is 0.400. The molecule has 17 heavy (non-hydrogen) atoms. The highest BCUT2D eigenvalue weighted by Gasteiger charge is 2.27. The molecule has 0 saturated carbocycles. The van der Waals surface area contributed by atoms with Gasteiger partial charge < -0.3 is 0 Å². The van der Waals surface area contributed by atoms with Crippen LogP contribution in [0.1, 0.15) is 6.92 Å². The maximum Gasteiger partial charge on any atom is 0.245 e. The van der Waals surface area contributed by atoms with Crippen LogP contribution in [-0.4, -0.2) is 26.0 Å². The molecule has 0 bridgehead atoms. The van der Waals surface area contributed by atoms with Crippen LogP contribution in [-0.2, 0) is 14.8 Å². The number of hydrogen-bond donors (Lipinski definition) is 0. The minimum Gasteiger partial charge on any atom is -0.279 e. The summed E-state index contributed by atoms with van der Waals surface area (Å²) in [4.78, 5) is 11.1. The monoisotopic (exact) mass is 339 g/mol. The largest absolute Gasteiger partial charge is 0.279 e. The molecule has 1 aromatic carbocycles. The van der Waals surface area contributed by atoms with E-state index >= 15 is 0 Å². The summed E-state index contributed by atoms with van der Waals surface area (Å²) >= 11 is 8.61. The van der Waals surface area contributed by atoms with Gasteiger partial charge in [0, 0.05) is 4.47 Å². The van der Waals surface area contributed by atoms with Crippen molar-refractivity contribution in [3.8, 4) is 0 Å². The SMILES string of the molecule is CC(C(=O)Cl)N(c1ccc(Br)cc1)S(C)(=O)=O. The fourth-order valence-electron chi connectivity index (χ4n) is 1.38. The molecule has 94 valence electrons. The molecule has 0 amide bonds. The van der Waals surface area contributed by atoms with Gasteiger partial charge in [-0.3, -0.25) is 9.10 Å². The Bertz CT molecular complexity index is 515. The fourth-order valence-corrected chi connectivity index (χ4v) is 2.98. The Morgan fingerprint density at radius 1 is 1.35 bits per heavy atom. The zero-order chi connectivity index (χ0) is 13.2. The lowest BCUT2D eigenvalue weighted by Gasteiger charge is -2.26. The molecule has 0 fully saturated rings. The van der Waals surface area contributed by atoms with Gasteiger partial charge in [0.25, 0.3) is 0 Å². The first kappa shape index (κ1) is 14.5. The average Bonchev–Trinajstić information content (AvgIpc) is 2.19. The predicted molar refractivity (Wildman–Crippen MR) is 71.8 cm³/mol. The minimum atomic E-state index is -3.56. The zero-order valence-corrected chi connectivity index (χ0v) is 12.4. The Morgan fingerprint density at radius 2 is 1.82 bits per heavy atom. The first-order valence-corrected chi connectivity index (χ1v) is 7.69. The predicted octanol–water partition coefficient (Wildman–Crippen LogP) is 2.37. The molecular weight excluding hydrogens is 330 g/mol. The van der Waals surface area contributed by atoms with E-state index in [0.29, 0.717) is 5.69 Å². The number of sulfonamides is 1. The number of anilines is 1. The molecule has 1 atom stereocenters. The van der Waals surface area contributed by atoms with Gasteiger partial charge in [0.15, 0.2) is 0 Å². The number of rotatable bonds is 4. The molecule has 0 N–H and O–H groups in total. The van der Waals surface area contributed by atoms with Crippen molar-refractivity contribution in [2.75, 3.05) is 10.6 Å². The number of halogens is 2. The summed E-state index contributed by atoms with van der Waals surface area (Å²) < 4.78 is 25.1. The highest BCUT2D eigenvalue weighted by Crippen LogP contribution is 2.23. The van der Waals surface area contributed by atoms with Gasteiger partial charge in [0.2, 0.25) is 15.3 Å². The lowest BCUT2D eigenvalue weighted by Crippen LogP contribution is -2.41. The first-order valence-electron chi connectivity index (χ1n) is 4.68. The maximum atomic E-state index is 11.7. The first-order chi connectivity index (χ1) is 7.73. The molecule has 0 radical (unpaired) electrons. The van der Waals surface area contributed by atoms with Crippen LogP contribution in [0.15, 0.2) is 28.7 Å². The van der Waals surface area contributed by atoms with Crippen LogP contribution < -0.4 is 4.31 Å². The summed E-state index contributed by atoms with van der Waals surface area (Å²) in [6.45, 7) is 1.44. The molecule has 0 heterocycles. The van der Waals surface area contributed by atoms with Crippen LogP contribution in [0.2, 0.25) is 0 Å². The van der Waals surface area contributed by atoms with E-state index in [1.165, 1.54) is 6.92 Å². The van der Waals surface area contributed by atoms with Crippen molar-refractivity contribution in [1.82, 2.24) is 0 Å². The van der Waals surface area contributed by atoms with E-state index in [2.05, 4.69) is 15.9 Å². The molecule has 7 heteroatoms. The van der Waals surface area contributed by atoms with Gasteiger partial charge in [-0.1, -0.05) is 15.9 Å². The van der Waals surface area contributed by atoms with Gasteiger partial charge in [0.05, 0.1) is 11.9 Å². The van der Waals surface area contributed by atoms with Crippen LogP contribution >= 0.6 is 27.5 Å². The molecule has 1 rings (SSSR count). The molecule has 0 spiro atoms. The molecule has 0 aliphatic carbocycles. The summed E-state index contributed by atoms with van der Waals surface area (Å²) in [6, 6.07) is 5.65. The second-order valence-electron chi connectivity index (χ2n) is 3.52. The quantitative estimate of drug-likeness (QED) is 0.791. The van der Waals surface area contributed by atoms with Crippen LogP contribution in [0.25, 0.3) is 0 Å². The van der Waals surface area contributed by atoms with Crippen molar-refractivity contribution in [1.29, 1.82) is 0 Å². The Kier molecular flexibility index (Phi) is 4.57. The molecule has 0 aliphatic rings. The molecular formula is C10H11BrClNO3S. The van der Waals surface area contributed by atoms with E-state index in [4.69, 9.17) is 11.6 Å². The standard InChI is InChI=1S/C10H11BrClNO3S/c1-7(10(12)14)13(17(2,15)16)9-5-3-8(11)4-6-9/h3-7H,1-2H3. The van der Waals surface area contributed by atoms with Crippen molar-refractivity contribution < 1.29 is 13.2 Å².